The standard InChI is InChI=1S/C16H20Cl2N2O/c1-4-13-15(18)14(20(5-2)19-13)10-21-16-11(3)7-6-8-12(16)9-17/h6-8H,4-5,9-10H2,1-3H3. The predicted molar refractivity (Wildman–Crippen MR) is 87.4 cm³/mol. The van der Waals surface area contributed by atoms with Crippen molar-refractivity contribution >= 4 is 23.2 Å². The van der Waals surface area contributed by atoms with Gasteiger partial charge in [-0.3, -0.25) is 4.68 Å². The quantitative estimate of drug-likeness (QED) is 0.716. The van der Waals surface area contributed by atoms with Gasteiger partial charge in [-0.1, -0.05) is 36.7 Å². The third-order valence-corrected chi connectivity index (χ3v) is 4.21. The molecule has 0 N–H and O–H groups in total. The fourth-order valence-corrected chi connectivity index (χ4v) is 2.85. The summed E-state index contributed by atoms with van der Waals surface area (Å²) in [5.41, 5.74) is 3.90. The summed E-state index contributed by atoms with van der Waals surface area (Å²) in [5, 5.41) is 5.21. The summed E-state index contributed by atoms with van der Waals surface area (Å²) in [5.74, 6) is 1.27. The number of rotatable bonds is 6. The van der Waals surface area contributed by atoms with Crippen LogP contribution in [0.25, 0.3) is 0 Å². The number of alkyl halides is 1. The van der Waals surface area contributed by atoms with Gasteiger partial charge < -0.3 is 4.74 Å². The van der Waals surface area contributed by atoms with Crippen molar-refractivity contribution in [2.75, 3.05) is 0 Å². The zero-order chi connectivity index (χ0) is 15.4. The molecule has 1 aromatic carbocycles. The van der Waals surface area contributed by atoms with Gasteiger partial charge in [0.05, 0.1) is 22.3 Å². The lowest BCUT2D eigenvalue weighted by Gasteiger charge is -2.13. The van der Waals surface area contributed by atoms with E-state index in [0.29, 0.717) is 17.5 Å². The van der Waals surface area contributed by atoms with Gasteiger partial charge in [0.25, 0.3) is 0 Å². The van der Waals surface area contributed by atoms with Gasteiger partial charge in [-0.2, -0.15) is 5.10 Å². The average Bonchev–Trinajstić information content (AvgIpc) is 2.81. The van der Waals surface area contributed by atoms with E-state index in [4.69, 9.17) is 27.9 Å². The van der Waals surface area contributed by atoms with Crippen LogP contribution in [0.4, 0.5) is 0 Å². The van der Waals surface area contributed by atoms with Crippen molar-refractivity contribution < 1.29 is 4.74 Å². The van der Waals surface area contributed by atoms with Crippen LogP contribution in [0, 0.1) is 6.92 Å². The molecule has 0 aliphatic carbocycles. The Hall–Kier alpha value is -1.19. The highest BCUT2D eigenvalue weighted by Gasteiger charge is 2.16. The first-order valence-electron chi connectivity index (χ1n) is 7.13. The van der Waals surface area contributed by atoms with Crippen LogP contribution < -0.4 is 4.74 Å². The molecule has 1 aromatic heterocycles. The molecule has 0 bridgehead atoms. The summed E-state index contributed by atoms with van der Waals surface area (Å²) in [6.07, 6.45) is 0.816. The Balaban J connectivity index is 2.26. The van der Waals surface area contributed by atoms with Gasteiger partial charge in [0.2, 0.25) is 0 Å². The number of hydrogen-bond donors (Lipinski definition) is 0. The van der Waals surface area contributed by atoms with Gasteiger partial charge in [-0.25, -0.2) is 0 Å². The first-order valence-corrected chi connectivity index (χ1v) is 8.04. The largest absolute Gasteiger partial charge is 0.487 e. The third-order valence-electron chi connectivity index (χ3n) is 3.48. The van der Waals surface area contributed by atoms with E-state index >= 15 is 0 Å². The number of ether oxygens (including phenoxy) is 1. The van der Waals surface area contributed by atoms with Crippen LogP contribution in [0.3, 0.4) is 0 Å². The first-order chi connectivity index (χ1) is 10.1. The fraction of sp³-hybridized carbons (Fsp3) is 0.438. The van der Waals surface area contributed by atoms with Crippen LogP contribution in [-0.4, -0.2) is 9.78 Å². The Bertz CT molecular complexity index is 623. The third kappa shape index (κ3) is 3.35. The van der Waals surface area contributed by atoms with E-state index in [1.807, 2.05) is 43.7 Å². The lowest BCUT2D eigenvalue weighted by Crippen LogP contribution is -2.08. The van der Waals surface area contributed by atoms with E-state index < -0.39 is 0 Å². The monoisotopic (exact) mass is 326 g/mol. The molecule has 0 atom stereocenters. The Morgan fingerprint density at radius 2 is 2.05 bits per heavy atom. The van der Waals surface area contributed by atoms with Gasteiger partial charge in [0.1, 0.15) is 12.4 Å². The summed E-state index contributed by atoms with van der Waals surface area (Å²) in [6, 6.07) is 5.98. The summed E-state index contributed by atoms with van der Waals surface area (Å²) in [7, 11) is 0. The second kappa shape index (κ2) is 7.19. The molecule has 114 valence electrons. The van der Waals surface area contributed by atoms with Crippen molar-refractivity contribution in [1.29, 1.82) is 0 Å². The van der Waals surface area contributed by atoms with Crippen LogP contribution in [0.1, 0.15) is 36.4 Å². The average molecular weight is 327 g/mol. The van der Waals surface area contributed by atoms with E-state index in [2.05, 4.69) is 5.10 Å². The molecule has 0 saturated carbocycles. The van der Waals surface area contributed by atoms with Crippen molar-refractivity contribution in [3.05, 3.63) is 45.7 Å². The molecule has 0 spiro atoms. The molecule has 0 saturated heterocycles. The Labute approximate surface area is 135 Å². The maximum absolute atomic E-state index is 6.40. The van der Waals surface area contributed by atoms with Crippen molar-refractivity contribution in [1.82, 2.24) is 9.78 Å². The highest BCUT2D eigenvalue weighted by Crippen LogP contribution is 2.28. The van der Waals surface area contributed by atoms with Gasteiger partial charge in [0, 0.05) is 12.1 Å². The summed E-state index contributed by atoms with van der Waals surface area (Å²) < 4.78 is 7.90. The molecule has 2 aromatic rings. The van der Waals surface area contributed by atoms with Crippen molar-refractivity contribution in [3.8, 4) is 5.75 Å². The lowest BCUT2D eigenvalue weighted by atomic mass is 10.1. The highest BCUT2D eigenvalue weighted by atomic mass is 35.5. The smallest absolute Gasteiger partial charge is 0.131 e. The van der Waals surface area contributed by atoms with Crippen molar-refractivity contribution in [2.45, 2.75) is 46.2 Å². The van der Waals surface area contributed by atoms with E-state index in [1.165, 1.54) is 0 Å². The molecule has 3 nitrogen and oxygen atoms in total. The minimum absolute atomic E-state index is 0.397. The topological polar surface area (TPSA) is 27.1 Å². The van der Waals surface area contributed by atoms with E-state index in [-0.39, 0.29) is 0 Å². The number of benzene rings is 1. The SMILES string of the molecule is CCc1nn(CC)c(COc2c(C)cccc2CCl)c1Cl. The Morgan fingerprint density at radius 3 is 2.67 bits per heavy atom. The van der Waals surface area contributed by atoms with Crippen LogP contribution >= 0.6 is 23.2 Å². The second-order valence-electron chi connectivity index (χ2n) is 4.86. The fourth-order valence-electron chi connectivity index (χ4n) is 2.32. The van der Waals surface area contributed by atoms with Gasteiger partial charge in [0.15, 0.2) is 0 Å². The minimum Gasteiger partial charge on any atom is -0.487 e. The molecule has 2 rings (SSSR count). The maximum atomic E-state index is 6.40. The summed E-state index contributed by atoms with van der Waals surface area (Å²) in [4.78, 5) is 0. The number of aryl methyl sites for hydroxylation is 3. The number of para-hydroxylation sites is 1. The van der Waals surface area contributed by atoms with E-state index in [0.717, 1.165) is 41.2 Å². The molecular formula is C16H20Cl2N2O. The summed E-state index contributed by atoms with van der Waals surface area (Å²) >= 11 is 12.4. The lowest BCUT2D eigenvalue weighted by molar-refractivity contribution is 0.288. The normalized spacial score (nSPS) is 10.9. The van der Waals surface area contributed by atoms with Crippen LogP contribution in [0.2, 0.25) is 5.02 Å². The van der Waals surface area contributed by atoms with Crippen LogP contribution in [-0.2, 0) is 25.5 Å². The first kappa shape index (κ1) is 16.2. The Kier molecular flexibility index (Phi) is 5.54. The number of aromatic nitrogens is 2. The molecule has 1 heterocycles. The zero-order valence-electron chi connectivity index (χ0n) is 12.6. The van der Waals surface area contributed by atoms with Crippen LogP contribution in [0.5, 0.6) is 5.75 Å². The minimum atomic E-state index is 0.397. The van der Waals surface area contributed by atoms with Crippen molar-refractivity contribution in [2.24, 2.45) is 0 Å². The molecule has 0 aliphatic heterocycles. The van der Waals surface area contributed by atoms with Gasteiger partial charge >= 0.3 is 0 Å². The second-order valence-corrected chi connectivity index (χ2v) is 5.51. The number of nitrogens with zero attached hydrogens (tertiary/aromatic N) is 2. The maximum Gasteiger partial charge on any atom is 0.131 e. The molecule has 0 aliphatic rings. The van der Waals surface area contributed by atoms with Crippen LogP contribution in [0.15, 0.2) is 18.2 Å². The van der Waals surface area contributed by atoms with E-state index in [9.17, 15) is 0 Å². The molecule has 0 unspecified atom stereocenters. The van der Waals surface area contributed by atoms with E-state index in [1.54, 1.807) is 0 Å². The Morgan fingerprint density at radius 1 is 1.29 bits per heavy atom. The number of halogens is 2. The van der Waals surface area contributed by atoms with Gasteiger partial charge in [-0.15, -0.1) is 11.6 Å². The number of hydrogen-bond acceptors (Lipinski definition) is 2. The van der Waals surface area contributed by atoms with Crippen molar-refractivity contribution in [3.63, 3.8) is 0 Å². The highest BCUT2D eigenvalue weighted by molar-refractivity contribution is 6.31. The molecular weight excluding hydrogens is 307 g/mol. The molecule has 0 radical (unpaired) electrons. The predicted octanol–water partition coefficient (Wildman–Crippen LogP) is 4.75. The summed E-state index contributed by atoms with van der Waals surface area (Å²) in [6.45, 7) is 7.28. The molecule has 0 amide bonds. The molecule has 21 heavy (non-hydrogen) atoms. The zero-order valence-corrected chi connectivity index (χ0v) is 14.1. The van der Waals surface area contributed by atoms with Gasteiger partial charge in [-0.05, 0) is 25.8 Å². The molecule has 0 fully saturated rings. The molecule has 5 heteroatoms.